The summed E-state index contributed by atoms with van der Waals surface area (Å²) in [6.45, 7) is 1.71. The van der Waals surface area contributed by atoms with Crippen LogP contribution in [0.15, 0.2) is 18.2 Å². The molecule has 1 aromatic heterocycles. The van der Waals surface area contributed by atoms with Crippen LogP contribution in [0.1, 0.15) is 15.2 Å². The van der Waals surface area contributed by atoms with Gasteiger partial charge in [0.1, 0.15) is 5.82 Å². The number of halogens is 1. The molecule has 0 bridgehead atoms. The summed E-state index contributed by atoms with van der Waals surface area (Å²) < 4.78 is 14.1. The smallest absolute Gasteiger partial charge is 0.259 e. The van der Waals surface area contributed by atoms with Gasteiger partial charge in [-0.3, -0.25) is 4.79 Å². The van der Waals surface area contributed by atoms with Crippen LogP contribution in [0.25, 0.3) is 10.1 Å². The van der Waals surface area contributed by atoms with E-state index in [1.54, 1.807) is 19.1 Å². The van der Waals surface area contributed by atoms with E-state index in [9.17, 15) is 9.18 Å². The summed E-state index contributed by atoms with van der Waals surface area (Å²) in [7, 11) is 0. The van der Waals surface area contributed by atoms with E-state index in [4.69, 9.17) is 5.73 Å². The van der Waals surface area contributed by atoms with Gasteiger partial charge in [0.2, 0.25) is 0 Å². The third kappa shape index (κ3) is 1.19. The molecule has 0 fully saturated rings. The maximum Gasteiger partial charge on any atom is 0.259 e. The Morgan fingerprint density at radius 2 is 2.21 bits per heavy atom. The third-order valence-corrected chi connectivity index (χ3v) is 3.40. The number of fused-ring (bicyclic) bond motifs is 1. The largest absolute Gasteiger partial charge is 0.365 e. The number of amides is 1. The fraction of sp³-hybridized carbons (Fsp3) is 0.100. The van der Waals surface area contributed by atoms with Crippen LogP contribution in [-0.4, -0.2) is 5.91 Å². The Labute approximate surface area is 84.2 Å². The minimum Gasteiger partial charge on any atom is -0.365 e. The van der Waals surface area contributed by atoms with Crippen molar-refractivity contribution in [1.29, 1.82) is 0 Å². The predicted molar refractivity (Wildman–Crippen MR) is 55.0 cm³/mol. The van der Waals surface area contributed by atoms with Crippen molar-refractivity contribution in [3.05, 3.63) is 34.5 Å². The highest BCUT2D eigenvalue weighted by Crippen LogP contribution is 2.31. The summed E-state index contributed by atoms with van der Waals surface area (Å²) in [5.74, 6) is -0.799. The Bertz CT molecular complexity index is 518. The van der Waals surface area contributed by atoms with Gasteiger partial charge in [0.15, 0.2) is 0 Å². The lowest BCUT2D eigenvalue weighted by Gasteiger charge is -1.93. The van der Waals surface area contributed by atoms with Gasteiger partial charge in [-0.1, -0.05) is 6.07 Å². The zero-order valence-electron chi connectivity index (χ0n) is 7.50. The van der Waals surface area contributed by atoms with E-state index in [0.717, 1.165) is 4.70 Å². The molecule has 0 aliphatic heterocycles. The Morgan fingerprint density at radius 3 is 2.79 bits per heavy atom. The molecule has 72 valence electrons. The van der Waals surface area contributed by atoms with Crippen LogP contribution in [-0.2, 0) is 0 Å². The van der Waals surface area contributed by atoms with Gasteiger partial charge in [0, 0.05) is 10.1 Å². The number of hydrogen-bond donors (Lipinski definition) is 1. The van der Waals surface area contributed by atoms with E-state index >= 15 is 0 Å². The highest BCUT2D eigenvalue weighted by Gasteiger charge is 2.14. The van der Waals surface area contributed by atoms with E-state index in [1.165, 1.54) is 17.4 Å². The molecular formula is C10H8FNOS. The number of hydrogen-bond acceptors (Lipinski definition) is 2. The first-order chi connectivity index (χ1) is 6.61. The molecule has 0 radical (unpaired) electrons. The lowest BCUT2D eigenvalue weighted by molar-refractivity contribution is 0.100. The van der Waals surface area contributed by atoms with Crippen LogP contribution in [0.4, 0.5) is 4.39 Å². The molecule has 0 unspecified atom stereocenters. The minimum atomic E-state index is -0.497. The van der Waals surface area contributed by atoms with E-state index in [2.05, 4.69) is 0 Å². The molecular weight excluding hydrogens is 201 g/mol. The van der Waals surface area contributed by atoms with Gasteiger partial charge >= 0.3 is 0 Å². The van der Waals surface area contributed by atoms with Crippen molar-refractivity contribution in [2.24, 2.45) is 5.73 Å². The second-order valence-electron chi connectivity index (χ2n) is 3.03. The summed E-state index contributed by atoms with van der Waals surface area (Å²) in [5, 5.41) is 0.506. The second kappa shape index (κ2) is 3.06. The van der Waals surface area contributed by atoms with Crippen molar-refractivity contribution in [2.45, 2.75) is 6.92 Å². The normalized spacial score (nSPS) is 10.7. The molecule has 14 heavy (non-hydrogen) atoms. The summed E-state index contributed by atoms with van der Waals surface area (Å²) in [6, 6.07) is 4.79. The number of primary amides is 1. The molecule has 0 aliphatic carbocycles. The molecule has 1 heterocycles. The van der Waals surface area contributed by atoms with Crippen molar-refractivity contribution in [1.82, 2.24) is 0 Å². The van der Waals surface area contributed by atoms with Gasteiger partial charge in [-0.15, -0.1) is 11.3 Å². The number of benzene rings is 1. The van der Waals surface area contributed by atoms with Crippen molar-refractivity contribution in [2.75, 3.05) is 0 Å². The maximum atomic E-state index is 13.4. The number of aryl methyl sites for hydroxylation is 1. The Balaban J connectivity index is 2.87. The quantitative estimate of drug-likeness (QED) is 0.770. The van der Waals surface area contributed by atoms with Crippen LogP contribution >= 0.6 is 11.3 Å². The molecule has 0 saturated carbocycles. The van der Waals surface area contributed by atoms with E-state index < -0.39 is 5.91 Å². The second-order valence-corrected chi connectivity index (χ2v) is 4.09. The molecule has 0 aliphatic rings. The Kier molecular flexibility index (Phi) is 2.00. The molecule has 4 heteroatoms. The average Bonchev–Trinajstić information content (AvgIpc) is 2.45. The molecule has 0 atom stereocenters. The predicted octanol–water partition coefficient (Wildman–Crippen LogP) is 2.45. The fourth-order valence-electron chi connectivity index (χ4n) is 1.49. The van der Waals surface area contributed by atoms with E-state index in [-0.39, 0.29) is 5.82 Å². The lowest BCUT2D eigenvalue weighted by atomic mass is 10.1. The number of thiophene rings is 1. The monoisotopic (exact) mass is 209 g/mol. The van der Waals surface area contributed by atoms with E-state index in [1.807, 2.05) is 0 Å². The first-order valence-corrected chi connectivity index (χ1v) is 4.90. The number of nitrogens with two attached hydrogens (primary N) is 1. The molecule has 2 aromatic rings. The van der Waals surface area contributed by atoms with Gasteiger partial charge in [-0.2, -0.15) is 0 Å². The van der Waals surface area contributed by atoms with Gasteiger partial charge in [0.05, 0.1) is 4.88 Å². The summed E-state index contributed by atoms with van der Waals surface area (Å²) >= 11 is 1.23. The van der Waals surface area contributed by atoms with Crippen molar-refractivity contribution < 1.29 is 9.18 Å². The third-order valence-electron chi connectivity index (χ3n) is 2.13. The van der Waals surface area contributed by atoms with Crippen LogP contribution in [0, 0.1) is 12.7 Å². The molecule has 2 N–H and O–H groups in total. The number of rotatable bonds is 1. The first kappa shape index (κ1) is 9.15. The van der Waals surface area contributed by atoms with Gasteiger partial charge in [-0.25, -0.2) is 4.39 Å². The van der Waals surface area contributed by atoms with Crippen LogP contribution < -0.4 is 5.73 Å². The van der Waals surface area contributed by atoms with Gasteiger partial charge < -0.3 is 5.73 Å². The van der Waals surface area contributed by atoms with Gasteiger partial charge in [0.25, 0.3) is 5.91 Å². The topological polar surface area (TPSA) is 43.1 Å². The maximum absolute atomic E-state index is 13.4. The molecule has 2 rings (SSSR count). The molecule has 1 amide bonds. The lowest BCUT2D eigenvalue weighted by Crippen LogP contribution is -2.09. The highest BCUT2D eigenvalue weighted by atomic mass is 32.1. The number of carbonyl (C=O) groups excluding carboxylic acids is 1. The fourth-order valence-corrected chi connectivity index (χ4v) is 2.56. The average molecular weight is 209 g/mol. The zero-order chi connectivity index (χ0) is 10.3. The summed E-state index contributed by atoms with van der Waals surface area (Å²) in [5.41, 5.74) is 5.81. The Hall–Kier alpha value is -1.42. The zero-order valence-corrected chi connectivity index (χ0v) is 8.32. The number of carbonyl (C=O) groups is 1. The van der Waals surface area contributed by atoms with E-state index in [0.29, 0.717) is 15.8 Å². The summed E-state index contributed by atoms with van der Waals surface area (Å²) in [4.78, 5) is 11.4. The Morgan fingerprint density at radius 1 is 1.50 bits per heavy atom. The van der Waals surface area contributed by atoms with Crippen LogP contribution in [0.2, 0.25) is 0 Å². The SMILES string of the molecule is Cc1c(C(N)=O)sc2cccc(F)c12. The molecule has 1 aromatic carbocycles. The van der Waals surface area contributed by atoms with Crippen LogP contribution in [0.5, 0.6) is 0 Å². The van der Waals surface area contributed by atoms with Crippen molar-refractivity contribution >= 4 is 27.3 Å². The standard InChI is InChI=1S/C10H8FNOS/c1-5-8-6(11)3-2-4-7(8)14-9(5)10(12)13/h2-4H,1H3,(H2,12,13). The molecule has 0 spiro atoms. The summed E-state index contributed by atoms with van der Waals surface area (Å²) in [6.07, 6.45) is 0. The van der Waals surface area contributed by atoms with Gasteiger partial charge in [-0.05, 0) is 24.6 Å². The van der Waals surface area contributed by atoms with Crippen molar-refractivity contribution in [3.63, 3.8) is 0 Å². The highest BCUT2D eigenvalue weighted by molar-refractivity contribution is 7.21. The first-order valence-electron chi connectivity index (χ1n) is 4.08. The molecule has 2 nitrogen and oxygen atoms in total. The van der Waals surface area contributed by atoms with Crippen LogP contribution in [0.3, 0.4) is 0 Å². The van der Waals surface area contributed by atoms with Crippen molar-refractivity contribution in [3.8, 4) is 0 Å². The minimum absolute atomic E-state index is 0.302. The molecule has 0 saturated heterocycles.